The minimum Gasteiger partial charge on any atom is -0.354 e. The summed E-state index contributed by atoms with van der Waals surface area (Å²) in [5.41, 5.74) is 0. The Kier molecular flexibility index (Phi) is 36.9. The van der Waals surface area contributed by atoms with Crippen LogP contribution >= 0.6 is 0 Å². The smallest absolute Gasteiger partial charge is 0.243 e. The van der Waals surface area contributed by atoms with Crippen LogP contribution in [0.4, 0.5) is 0 Å². The lowest BCUT2D eigenvalue weighted by Gasteiger charge is -2.36. The van der Waals surface area contributed by atoms with E-state index >= 15 is 0 Å². The van der Waals surface area contributed by atoms with Gasteiger partial charge in [-0.05, 0) is 84.3 Å². The zero-order chi connectivity index (χ0) is 37.6. The molecule has 5 nitrogen and oxygen atoms in total. The number of allylic oxidation sites excluding steroid dienone is 4. The molecule has 0 aromatic rings. The van der Waals surface area contributed by atoms with E-state index in [1.807, 2.05) is 4.90 Å². The highest BCUT2D eigenvalue weighted by Gasteiger charge is 2.34. The van der Waals surface area contributed by atoms with Crippen molar-refractivity contribution in [3.63, 3.8) is 0 Å². The Balaban J connectivity index is 4.86. The van der Waals surface area contributed by atoms with Crippen LogP contribution in [0.2, 0.25) is 0 Å². The Hall–Kier alpha value is -1.62. The first-order valence-electron chi connectivity index (χ1n) is 22.4. The van der Waals surface area contributed by atoms with Gasteiger partial charge in [-0.15, -0.1) is 0 Å². The average molecular weight is 716 g/mol. The van der Waals surface area contributed by atoms with Gasteiger partial charge in [-0.3, -0.25) is 9.59 Å². The van der Waals surface area contributed by atoms with E-state index in [4.69, 9.17) is 0 Å². The molecule has 0 bridgehead atoms. The summed E-state index contributed by atoms with van der Waals surface area (Å²) in [6.07, 6.45) is 43.6. The zero-order valence-corrected chi connectivity index (χ0v) is 35.3. The summed E-state index contributed by atoms with van der Waals surface area (Å²) in [7, 11) is 4.17. The summed E-state index contributed by atoms with van der Waals surface area (Å²) in [5.74, 6) is 0.471. The third-order valence-corrected chi connectivity index (χ3v) is 10.5. The van der Waals surface area contributed by atoms with Gasteiger partial charge in [-0.25, -0.2) is 0 Å². The number of hydrogen-bond acceptors (Lipinski definition) is 3. The second-order valence-corrected chi connectivity index (χ2v) is 15.7. The van der Waals surface area contributed by atoms with E-state index in [0.717, 1.165) is 77.3 Å². The van der Waals surface area contributed by atoms with Gasteiger partial charge < -0.3 is 15.1 Å². The fraction of sp³-hybridized carbons (Fsp3) is 0.870. The van der Waals surface area contributed by atoms with Gasteiger partial charge >= 0.3 is 0 Å². The minimum absolute atomic E-state index is 0.0827. The molecule has 0 aliphatic heterocycles. The SMILES string of the molecule is CCCCC/C=C\C/C=C\CCCCCCCC(=O)N(CCCN(C)C)C(C(=O)NCCCCCCCCCCCCCC)C(CC)CCCC. The molecule has 0 heterocycles. The lowest BCUT2D eigenvalue weighted by molar-refractivity contribution is -0.143. The third kappa shape index (κ3) is 30.5. The predicted octanol–water partition coefficient (Wildman–Crippen LogP) is 13.0. The summed E-state index contributed by atoms with van der Waals surface area (Å²) in [5, 5.41) is 3.31. The molecule has 51 heavy (non-hydrogen) atoms. The first kappa shape index (κ1) is 49.4. The fourth-order valence-electron chi connectivity index (χ4n) is 7.15. The first-order valence-corrected chi connectivity index (χ1v) is 22.4. The second kappa shape index (κ2) is 38.1. The van der Waals surface area contributed by atoms with Crippen LogP contribution in [0.15, 0.2) is 24.3 Å². The number of carbonyl (C=O) groups excluding carboxylic acids is 2. The molecule has 300 valence electrons. The highest BCUT2D eigenvalue weighted by molar-refractivity contribution is 5.88. The molecule has 0 fully saturated rings. The molecule has 0 aliphatic rings. The molecule has 0 aliphatic carbocycles. The first-order chi connectivity index (χ1) is 24.9. The molecule has 2 amide bonds. The number of amides is 2. The molecule has 2 atom stereocenters. The Morgan fingerprint density at radius 2 is 1.04 bits per heavy atom. The maximum absolute atomic E-state index is 13.9. The van der Waals surface area contributed by atoms with Crippen molar-refractivity contribution in [1.82, 2.24) is 15.1 Å². The van der Waals surface area contributed by atoms with E-state index in [-0.39, 0.29) is 23.8 Å². The van der Waals surface area contributed by atoms with Crippen LogP contribution < -0.4 is 5.32 Å². The number of carbonyl (C=O) groups is 2. The van der Waals surface area contributed by atoms with Gasteiger partial charge in [-0.1, -0.05) is 174 Å². The van der Waals surface area contributed by atoms with E-state index in [1.54, 1.807) is 0 Å². The van der Waals surface area contributed by atoms with E-state index < -0.39 is 0 Å². The predicted molar refractivity (Wildman–Crippen MR) is 225 cm³/mol. The molecule has 2 unspecified atom stereocenters. The quantitative estimate of drug-likeness (QED) is 0.0511. The van der Waals surface area contributed by atoms with E-state index in [1.165, 1.54) is 116 Å². The highest BCUT2D eigenvalue weighted by atomic mass is 16.2. The van der Waals surface area contributed by atoms with Crippen LogP contribution in [-0.2, 0) is 9.59 Å². The lowest BCUT2D eigenvalue weighted by Crippen LogP contribution is -2.54. The van der Waals surface area contributed by atoms with E-state index in [0.29, 0.717) is 13.0 Å². The summed E-state index contributed by atoms with van der Waals surface area (Å²) >= 11 is 0. The number of nitrogens with zero attached hydrogens (tertiary/aromatic N) is 2. The Morgan fingerprint density at radius 3 is 1.59 bits per heavy atom. The molecule has 0 saturated carbocycles. The molecule has 0 aromatic heterocycles. The molecular weight excluding hydrogens is 627 g/mol. The van der Waals surface area contributed by atoms with E-state index in [2.05, 4.69) is 76.3 Å². The standard InChI is InChI=1S/C46H89N3O2/c1-7-11-14-16-18-20-22-24-25-26-27-29-31-33-35-39-44(50)49(42-37-41-48(5)6)45(43(10-4)38-13-9-3)46(51)47-40-36-34-32-30-28-23-21-19-17-15-12-8-2/h18,20,24-25,43,45H,7-17,19,21-23,26-42H2,1-6H3,(H,47,51)/b20-18-,25-24-. The Bertz CT molecular complexity index is 823. The molecule has 0 saturated heterocycles. The van der Waals surface area contributed by atoms with Gasteiger partial charge in [0.1, 0.15) is 6.04 Å². The van der Waals surface area contributed by atoms with Crippen molar-refractivity contribution in [2.75, 3.05) is 33.7 Å². The zero-order valence-electron chi connectivity index (χ0n) is 35.3. The maximum atomic E-state index is 13.9. The average Bonchev–Trinajstić information content (AvgIpc) is 3.12. The summed E-state index contributed by atoms with van der Waals surface area (Å²) in [6.45, 7) is 11.3. The van der Waals surface area contributed by atoms with Crippen LogP contribution in [0.25, 0.3) is 0 Å². The van der Waals surface area contributed by atoms with Crippen molar-refractivity contribution in [3.8, 4) is 0 Å². The van der Waals surface area contributed by atoms with Crippen LogP contribution in [-0.4, -0.2) is 61.4 Å². The maximum Gasteiger partial charge on any atom is 0.243 e. The molecule has 0 spiro atoms. The molecular formula is C46H89N3O2. The summed E-state index contributed by atoms with van der Waals surface area (Å²) in [4.78, 5) is 32.0. The fourth-order valence-corrected chi connectivity index (χ4v) is 7.15. The van der Waals surface area contributed by atoms with Crippen molar-refractivity contribution < 1.29 is 9.59 Å². The highest BCUT2D eigenvalue weighted by Crippen LogP contribution is 2.24. The van der Waals surface area contributed by atoms with Crippen LogP contribution in [0.5, 0.6) is 0 Å². The number of rotatable bonds is 38. The Morgan fingerprint density at radius 1 is 0.549 bits per heavy atom. The lowest BCUT2D eigenvalue weighted by atomic mass is 9.89. The van der Waals surface area contributed by atoms with Crippen molar-refractivity contribution in [3.05, 3.63) is 24.3 Å². The second-order valence-electron chi connectivity index (χ2n) is 15.7. The number of unbranched alkanes of at least 4 members (excludes halogenated alkanes) is 20. The van der Waals surface area contributed by atoms with Crippen molar-refractivity contribution in [1.29, 1.82) is 0 Å². The minimum atomic E-state index is -0.355. The number of nitrogens with one attached hydrogen (secondary N) is 1. The molecule has 5 heteroatoms. The van der Waals surface area contributed by atoms with Crippen molar-refractivity contribution >= 4 is 11.8 Å². The van der Waals surface area contributed by atoms with Crippen molar-refractivity contribution in [2.45, 2.75) is 220 Å². The normalized spacial score (nSPS) is 13.1. The topological polar surface area (TPSA) is 52.7 Å². The summed E-state index contributed by atoms with van der Waals surface area (Å²) in [6, 6.07) is -0.355. The van der Waals surface area contributed by atoms with Gasteiger partial charge in [0.25, 0.3) is 0 Å². The summed E-state index contributed by atoms with van der Waals surface area (Å²) < 4.78 is 0. The van der Waals surface area contributed by atoms with Gasteiger partial charge in [-0.2, -0.15) is 0 Å². The molecule has 0 radical (unpaired) electrons. The van der Waals surface area contributed by atoms with Crippen LogP contribution in [0.1, 0.15) is 214 Å². The molecule has 0 rings (SSSR count). The monoisotopic (exact) mass is 716 g/mol. The van der Waals surface area contributed by atoms with E-state index in [9.17, 15) is 9.59 Å². The molecule has 0 aromatic carbocycles. The van der Waals surface area contributed by atoms with Gasteiger partial charge in [0.2, 0.25) is 11.8 Å². The Labute approximate surface area is 319 Å². The largest absolute Gasteiger partial charge is 0.354 e. The number of hydrogen-bond donors (Lipinski definition) is 1. The molecule has 1 N–H and O–H groups in total. The van der Waals surface area contributed by atoms with Gasteiger partial charge in [0, 0.05) is 19.5 Å². The third-order valence-electron chi connectivity index (χ3n) is 10.5. The van der Waals surface area contributed by atoms with Gasteiger partial charge in [0.15, 0.2) is 0 Å². The van der Waals surface area contributed by atoms with Gasteiger partial charge in [0.05, 0.1) is 0 Å². The van der Waals surface area contributed by atoms with Crippen LogP contribution in [0, 0.1) is 5.92 Å². The van der Waals surface area contributed by atoms with Crippen LogP contribution in [0.3, 0.4) is 0 Å². The van der Waals surface area contributed by atoms with Crippen molar-refractivity contribution in [2.24, 2.45) is 5.92 Å².